The van der Waals surface area contributed by atoms with Crippen LogP contribution in [0, 0.1) is 13.8 Å². The van der Waals surface area contributed by atoms with Crippen LogP contribution in [0.2, 0.25) is 0 Å². The molecular weight excluding hydrogens is 636 g/mol. The first-order valence-corrected chi connectivity index (χ1v) is 14.8. The van der Waals surface area contributed by atoms with E-state index in [1.165, 1.54) is 14.0 Å². The van der Waals surface area contributed by atoms with Crippen LogP contribution in [-0.2, 0) is 39.0 Å². The molecule has 2 unspecified atom stereocenters. The number of ether oxygens (including phenoxy) is 5. The predicted octanol–water partition coefficient (Wildman–Crippen LogP) is 4.04. The molecule has 17 heteroatoms. The summed E-state index contributed by atoms with van der Waals surface area (Å²) in [5.41, 5.74) is 0.770. The first-order chi connectivity index (χ1) is 22.9. The molecule has 48 heavy (non-hydrogen) atoms. The number of rotatable bonds is 19. The second-order valence-corrected chi connectivity index (χ2v) is 10.3. The van der Waals surface area contributed by atoms with Gasteiger partial charge in [0.1, 0.15) is 12.7 Å². The molecule has 0 spiro atoms. The summed E-state index contributed by atoms with van der Waals surface area (Å²) in [6.07, 6.45) is -4.32. The van der Waals surface area contributed by atoms with E-state index < -0.39 is 53.6 Å². The Morgan fingerprint density at radius 1 is 0.854 bits per heavy atom. The molecule has 2 aromatic carbocycles. The fourth-order valence-corrected chi connectivity index (χ4v) is 4.83. The average molecular weight is 677 g/mol. The maximum Gasteiger partial charge on any atom is 0.511 e. The van der Waals surface area contributed by atoms with E-state index in [2.05, 4.69) is 19.6 Å². The van der Waals surface area contributed by atoms with Gasteiger partial charge in [-0.15, -0.1) is 0 Å². The highest BCUT2D eigenvalue weighted by Crippen LogP contribution is 2.39. The molecule has 0 radical (unpaired) electrons. The molecule has 0 saturated heterocycles. The number of methoxy groups -OCH3 is 1. The van der Waals surface area contributed by atoms with Gasteiger partial charge in [0, 0.05) is 25.4 Å². The normalized spacial score (nSPS) is 13.5. The summed E-state index contributed by atoms with van der Waals surface area (Å²) in [6, 6.07) is 19.5. The minimum atomic E-state index is -1.57. The summed E-state index contributed by atoms with van der Waals surface area (Å²) in [7, 11) is 1.43. The maximum atomic E-state index is 14.0. The molecule has 0 bridgehead atoms. The highest BCUT2D eigenvalue weighted by molar-refractivity contribution is 5.78. The fraction of sp³-hybridized carbons (Fsp3) is 0.419. The van der Waals surface area contributed by atoms with Crippen molar-refractivity contribution in [3.8, 4) is 6.01 Å². The molecule has 1 aromatic heterocycles. The quantitative estimate of drug-likeness (QED) is 0.0610. The van der Waals surface area contributed by atoms with Gasteiger partial charge in [0.05, 0.1) is 17.4 Å². The number of nitrogens with zero attached hydrogens (tertiary/aromatic N) is 4. The Morgan fingerprint density at radius 2 is 1.44 bits per heavy atom. The summed E-state index contributed by atoms with van der Waals surface area (Å²) < 4.78 is 28.1. The summed E-state index contributed by atoms with van der Waals surface area (Å²) in [4.78, 5) is 44.1. The molecule has 0 aliphatic carbocycles. The van der Waals surface area contributed by atoms with E-state index >= 15 is 0 Å². The fourth-order valence-electron chi connectivity index (χ4n) is 4.83. The van der Waals surface area contributed by atoms with Gasteiger partial charge >= 0.3 is 18.1 Å². The Bertz CT molecular complexity index is 1360. The van der Waals surface area contributed by atoms with Crippen molar-refractivity contribution in [2.75, 3.05) is 20.3 Å². The van der Waals surface area contributed by atoms with E-state index in [4.69, 9.17) is 44.5 Å². The van der Waals surface area contributed by atoms with Gasteiger partial charge in [-0.1, -0.05) is 60.7 Å². The van der Waals surface area contributed by atoms with Crippen LogP contribution >= 0.6 is 0 Å². The van der Waals surface area contributed by atoms with Crippen LogP contribution in [0.3, 0.4) is 0 Å². The Kier molecular flexibility index (Phi) is 15.0. The van der Waals surface area contributed by atoms with Crippen molar-refractivity contribution in [2.45, 2.75) is 64.1 Å². The van der Waals surface area contributed by atoms with Crippen molar-refractivity contribution >= 4 is 12.1 Å². The largest absolute Gasteiger partial charge is 0.511 e. The van der Waals surface area contributed by atoms with Crippen molar-refractivity contribution in [2.24, 2.45) is 0 Å². The van der Waals surface area contributed by atoms with Crippen LogP contribution in [0.15, 0.2) is 66.7 Å². The zero-order valence-corrected chi connectivity index (χ0v) is 26.9. The van der Waals surface area contributed by atoms with Crippen LogP contribution in [0.4, 0.5) is 4.79 Å². The minimum absolute atomic E-state index is 0.0920. The molecule has 3 aromatic rings. The topological polar surface area (TPSA) is 212 Å². The number of esters is 1. The number of aromatic nitrogens is 2. The molecule has 3 atom stereocenters. The number of carbonyl (C=O) groups excluding carboxylic acids is 2. The summed E-state index contributed by atoms with van der Waals surface area (Å²) in [5.74, 6) is -0.952. The second-order valence-electron chi connectivity index (χ2n) is 10.3. The number of hydrogen-bond donors (Lipinski definition) is 4. The molecule has 0 amide bonds. The first-order valence-electron chi connectivity index (χ1n) is 14.8. The van der Waals surface area contributed by atoms with Gasteiger partial charge in [-0.05, 0) is 50.3 Å². The van der Waals surface area contributed by atoms with E-state index in [1.54, 1.807) is 68.4 Å². The Balaban J connectivity index is 1.73. The van der Waals surface area contributed by atoms with Gasteiger partial charge < -0.3 is 23.7 Å². The first kappa shape index (κ1) is 38.2. The Hall–Kier alpha value is -4.30. The van der Waals surface area contributed by atoms with E-state index in [0.717, 1.165) is 0 Å². The minimum Gasteiger partial charge on any atom is -0.444 e. The number of carbonyl (C=O) groups is 2. The molecule has 4 N–H and O–H groups in total. The number of benzene rings is 2. The van der Waals surface area contributed by atoms with Gasteiger partial charge in [0.25, 0.3) is 0 Å². The monoisotopic (exact) mass is 676 g/mol. The number of aryl methyl sites for hydroxylation is 2. The standard InChI is InChI=1S/C31H40N4O13/c1-21-19-22(2)33-29(32-21)47-27(31(42-4,24-13-7-5-8-14-24)25-15-9-6-10-16-25)28(36)45-23(3)46-30(37)43-18-12-11-17-26(48-35(40)41)20-44-34(38)39/h5-10,13-16,19,23,26-27,38-41H,11-12,17-18,20H2,1-4H3/t23?,26?,27-/m1/s1. The van der Waals surface area contributed by atoms with Crippen LogP contribution in [-0.4, -0.2) is 92.5 Å². The third-order valence-electron chi connectivity index (χ3n) is 6.80. The SMILES string of the molecule is COC(c1ccccc1)(c1ccccc1)[C@H](Oc1nc(C)cc(C)n1)C(=O)OC(C)OC(=O)OCCCCC(CON(O)O)ON(O)O. The maximum absolute atomic E-state index is 14.0. The van der Waals surface area contributed by atoms with E-state index in [1.807, 2.05) is 12.1 Å². The van der Waals surface area contributed by atoms with Gasteiger partial charge in [0.2, 0.25) is 12.4 Å². The smallest absolute Gasteiger partial charge is 0.444 e. The lowest BCUT2D eigenvalue weighted by Crippen LogP contribution is -2.52. The third kappa shape index (κ3) is 11.4. The van der Waals surface area contributed by atoms with E-state index in [-0.39, 0.29) is 25.5 Å². The van der Waals surface area contributed by atoms with Crippen molar-refractivity contribution in [3.05, 3.63) is 89.2 Å². The molecule has 0 fully saturated rings. The number of unbranched alkanes of at least 4 members (excludes halogenated alkanes) is 1. The van der Waals surface area contributed by atoms with Crippen molar-refractivity contribution in [1.82, 2.24) is 20.7 Å². The Labute approximate surface area is 276 Å². The van der Waals surface area contributed by atoms with Gasteiger partial charge in [-0.25, -0.2) is 29.2 Å². The molecule has 262 valence electrons. The molecule has 1 heterocycles. The molecule has 17 nitrogen and oxygen atoms in total. The van der Waals surface area contributed by atoms with E-state index in [0.29, 0.717) is 28.9 Å². The van der Waals surface area contributed by atoms with Gasteiger partial charge in [0.15, 0.2) is 5.60 Å². The molecule has 0 aliphatic heterocycles. The molecule has 0 saturated carbocycles. The number of hydrogen-bond acceptors (Lipinski definition) is 17. The van der Waals surface area contributed by atoms with Crippen LogP contribution in [0.5, 0.6) is 6.01 Å². The lowest BCUT2D eigenvalue weighted by Gasteiger charge is -2.38. The summed E-state index contributed by atoms with van der Waals surface area (Å²) >= 11 is 0. The predicted molar refractivity (Wildman–Crippen MR) is 160 cm³/mol. The zero-order valence-electron chi connectivity index (χ0n) is 26.9. The van der Waals surface area contributed by atoms with E-state index in [9.17, 15) is 9.59 Å². The average Bonchev–Trinajstić information content (AvgIpc) is 3.03. The molecular formula is C31H40N4O13. The third-order valence-corrected chi connectivity index (χ3v) is 6.80. The van der Waals surface area contributed by atoms with Crippen LogP contribution in [0.1, 0.15) is 48.7 Å². The highest BCUT2D eigenvalue weighted by atomic mass is 17.1. The van der Waals surface area contributed by atoms with Gasteiger partial charge in [-0.3, -0.25) is 20.8 Å². The van der Waals surface area contributed by atoms with Crippen molar-refractivity contribution in [3.63, 3.8) is 0 Å². The van der Waals surface area contributed by atoms with Crippen LogP contribution in [0.25, 0.3) is 0 Å². The molecule has 0 aliphatic rings. The highest BCUT2D eigenvalue weighted by Gasteiger charge is 2.50. The zero-order chi connectivity index (χ0) is 35.1. The summed E-state index contributed by atoms with van der Waals surface area (Å²) in [6.45, 7) is 4.29. The van der Waals surface area contributed by atoms with Crippen molar-refractivity contribution < 1.29 is 63.8 Å². The van der Waals surface area contributed by atoms with Crippen molar-refractivity contribution in [1.29, 1.82) is 0 Å². The molecule has 3 rings (SSSR count). The second kappa shape index (κ2) is 18.9. The van der Waals surface area contributed by atoms with Crippen LogP contribution < -0.4 is 4.74 Å². The Morgan fingerprint density at radius 3 is 1.96 bits per heavy atom. The lowest BCUT2D eigenvalue weighted by molar-refractivity contribution is -0.527. The lowest BCUT2D eigenvalue weighted by atomic mass is 9.81. The van der Waals surface area contributed by atoms with Gasteiger partial charge in [-0.2, -0.15) is 0 Å². The summed E-state index contributed by atoms with van der Waals surface area (Å²) in [5, 5.41) is 33.9.